The molecule has 3 nitrogen and oxygen atoms in total. The highest BCUT2D eigenvalue weighted by Gasteiger charge is 2.26. The standard InChI is InChI=1S/C21H25N3/c1-3-5-15-8-11-19-17(12-15)20(18(13-22)21(23)24-19)16-9-6-14(4-2)7-10-16/h6-7,9-10,15H,3-5,8,11-12H2,1-2H3,(H2,23,24). The van der Waals surface area contributed by atoms with Gasteiger partial charge in [0, 0.05) is 11.3 Å². The van der Waals surface area contributed by atoms with Gasteiger partial charge in [0.15, 0.2) is 0 Å². The van der Waals surface area contributed by atoms with Crippen LogP contribution in [0.15, 0.2) is 24.3 Å². The topological polar surface area (TPSA) is 62.7 Å². The van der Waals surface area contributed by atoms with Crippen molar-refractivity contribution in [3.8, 4) is 17.2 Å². The van der Waals surface area contributed by atoms with Crippen molar-refractivity contribution in [1.29, 1.82) is 5.26 Å². The number of nitriles is 1. The summed E-state index contributed by atoms with van der Waals surface area (Å²) in [5, 5.41) is 9.66. The monoisotopic (exact) mass is 319 g/mol. The molecule has 0 saturated heterocycles. The molecule has 1 heterocycles. The third-order valence-electron chi connectivity index (χ3n) is 5.15. The molecule has 1 unspecified atom stereocenters. The van der Waals surface area contributed by atoms with Gasteiger partial charge < -0.3 is 5.73 Å². The predicted octanol–water partition coefficient (Wildman–Crippen LogP) is 4.67. The normalized spacial score (nSPS) is 16.5. The van der Waals surface area contributed by atoms with E-state index in [9.17, 15) is 5.26 Å². The third kappa shape index (κ3) is 3.01. The number of rotatable bonds is 4. The minimum Gasteiger partial charge on any atom is -0.383 e. The van der Waals surface area contributed by atoms with Crippen molar-refractivity contribution in [2.45, 2.75) is 52.4 Å². The van der Waals surface area contributed by atoms with Crippen LogP contribution in [0.1, 0.15) is 55.5 Å². The predicted molar refractivity (Wildman–Crippen MR) is 98.6 cm³/mol. The van der Waals surface area contributed by atoms with Crippen LogP contribution in [0, 0.1) is 17.2 Å². The van der Waals surface area contributed by atoms with Gasteiger partial charge in [-0.05, 0) is 48.3 Å². The molecule has 0 spiro atoms. The minimum atomic E-state index is 0.375. The molecule has 0 fully saturated rings. The van der Waals surface area contributed by atoms with E-state index < -0.39 is 0 Å². The van der Waals surface area contributed by atoms with Crippen LogP contribution >= 0.6 is 0 Å². The largest absolute Gasteiger partial charge is 0.383 e. The molecule has 24 heavy (non-hydrogen) atoms. The van der Waals surface area contributed by atoms with E-state index in [2.05, 4.69) is 49.2 Å². The minimum absolute atomic E-state index is 0.375. The fourth-order valence-corrected chi connectivity index (χ4v) is 3.84. The van der Waals surface area contributed by atoms with E-state index in [-0.39, 0.29) is 0 Å². The molecule has 0 amide bonds. The highest BCUT2D eigenvalue weighted by Crippen LogP contribution is 2.38. The molecule has 0 bridgehead atoms. The van der Waals surface area contributed by atoms with Crippen molar-refractivity contribution in [1.82, 2.24) is 4.98 Å². The van der Waals surface area contributed by atoms with Gasteiger partial charge in [0.1, 0.15) is 17.5 Å². The fraction of sp³-hybridized carbons (Fsp3) is 0.429. The molecule has 1 aliphatic carbocycles. The first-order valence-corrected chi connectivity index (χ1v) is 8.98. The Balaban J connectivity index is 2.15. The summed E-state index contributed by atoms with van der Waals surface area (Å²) >= 11 is 0. The van der Waals surface area contributed by atoms with Gasteiger partial charge in [-0.1, -0.05) is 51.0 Å². The van der Waals surface area contributed by atoms with Crippen LogP contribution in [0.25, 0.3) is 11.1 Å². The maximum atomic E-state index is 9.66. The molecule has 3 rings (SSSR count). The van der Waals surface area contributed by atoms with Crippen LogP contribution in [0.5, 0.6) is 0 Å². The summed E-state index contributed by atoms with van der Waals surface area (Å²) in [6, 6.07) is 10.8. The van der Waals surface area contributed by atoms with Gasteiger partial charge in [-0.15, -0.1) is 0 Å². The van der Waals surface area contributed by atoms with Gasteiger partial charge >= 0.3 is 0 Å². The molecule has 124 valence electrons. The quantitative estimate of drug-likeness (QED) is 0.890. The molecule has 1 aromatic carbocycles. The van der Waals surface area contributed by atoms with Gasteiger partial charge in [-0.25, -0.2) is 4.98 Å². The number of fused-ring (bicyclic) bond motifs is 1. The SMILES string of the molecule is CCCC1CCc2nc(N)c(C#N)c(-c3ccc(CC)cc3)c2C1. The summed E-state index contributed by atoms with van der Waals surface area (Å²) in [5.74, 6) is 1.06. The van der Waals surface area contributed by atoms with Crippen molar-refractivity contribution in [3.63, 3.8) is 0 Å². The zero-order valence-electron chi connectivity index (χ0n) is 14.6. The molecular formula is C21H25N3. The number of nitrogens with zero attached hydrogens (tertiary/aromatic N) is 2. The van der Waals surface area contributed by atoms with Gasteiger partial charge in [-0.3, -0.25) is 0 Å². The molecule has 1 aliphatic rings. The summed E-state index contributed by atoms with van der Waals surface area (Å²) in [5.41, 5.74) is 12.4. The van der Waals surface area contributed by atoms with Gasteiger partial charge in [-0.2, -0.15) is 5.26 Å². The molecule has 1 aromatic heterocycles. The van der Waals surface area contributed by atoms with E-state index in [4.69, 9.17) is 5.73 Å². The number of aromatic nitrogens is 1. The Morgan fingerprint density at radius 1 is 1.25 bits per heavy atom. The summed E-state index contributed by atoms with van der Waals surface area (Å²) in [6.07, 6.45) is 6.61. The highest BCUT2D eigenvalue weighted by atomic mass is 14.9. The Labute approximate surface area is 144 Å². The second kappa shape index (κ2) is 7.05. The molecule has 0 saturated carbocycles. The summed E-state index contributed by atoms with van der Waals surface area (Å²) < 4.78 is 0. The molecule has 0 radical (unpaired) electrons. The Hall–Kier alpha value is -2.34. The average molecular weight is 319 g/mol. The number of benzene rings is 1. The van der Waals surface area contributed by atoms with E-state index in [0.717, 1.165) is 36.1 Å². The smallest absolute Gasteiger partial charge is 0.142 e. The van der Waals surface area contributed by atoms with Gasteiger partial charge in [0.2, 0.25) is 0 Å². The number of anilines is 1. The Bertz CT molecular complexity index is 769. The third-order valence-corrected chi connectivity index (χ3v) is 5.15. The Morgan fingerprint density at radius 2 is 2.00 bits per heavy atom. The number of pyridine rings is 1. The molecule has 1 atom stereocenters. The lowest BCUT2D eigenvalue weighted by molar-refractivity contribution is 0.419. The zero-order valence-corrected chi connectivity index (χ0v) is 14.6. The van der Waals surface area contributed by atoms with E-state index in [1.165, 1.54) is 30.4 Å². The fourth-order valence-electron chi connectivity index (χ4n) is 3.84. The number of hydrogen-bond donors (Lipinski definition) is 1. The molecular weight excluding hydrogens is 294 g/mol. The lowest BCUT2D eigenvalue weighted by atomic mass is 9.79. The van der Waals surface area contributed by atoms with Crippen LogP contribution in [0.3, 0.4) is 0 Å². The number of aryl methyl sites for hydroxylation is 2. The van der Waals surface area contributed by atoms with Gasteiger partial charge in [0.25, 0.3) is 0 Å². The van der Waals surface area contributed by atoms with Crippen LogP contribution in [-0.4, -0.2) is 4.98 Å². The first kappa shape index (κ1) is 16.5. The van der Waals surface area contributed by atoms with Crippen molar-refractivity contribution < 1.29 is 0 Å². The number of nitrogen functional groups attached to an aromatic ring is 1. The van der Waals surface area contributed by atoms with Gasteiger partial charge in [0.05, 0.1) is 0 Å². The van der Waals surface area contributed by atoms with Crippen LogP contribution < -0.4 is 5.73 Å². The zero-order chi connectivity index (χ0) is 17.1. The van der Waals surface area contributed by atoms with Crippen molar-refractivity contribution in [2.75, 3.05) is 5.73 Å². The van der Waals surface area contributed by atoms with Crippen LogP contribution in [0.2, 0.25) is 0 Å². The molecule has 2 N–H and O–H groups in total. The molecule has 0 aliphatic heterocycles. The van der Waals surface area contributed by atoms with E-state index in [1.54, 1.807) is 0 Å². The summed E-state index contributed by atoms with van der Waals surface area (Å²) in [4.78, 5) is 4.55. The lowest BCUT2D eigenvalue weighted by Gasteiger charge is -2.27. The van der Waals surface area contributed by atoms with E-state index in [0.29, 0.717) is 17.3 Å². The second-order valence-corrected chi connectivity index (χ2v) is 6.73. The maximum absolute atomic E-state index is 9.66. The Kier molecular flexibility index (Phi) is 4.85. The molecule has 2 aromatic rings. The average Bonchev–Trinajstić information content (AvgIpc) is 2.61. The first-order chi connectivity index (χ1) is 11.7. The van der Waals surface area contributed by atoms with Crippen LogP contribution in [0.4, 0.5) is 5.82 Å². The van der Waals surface area contributed by atoms with Crippen molar-refractivity contribution in [2.24, 2.45) is 5.92 Å². The lowest BCUT2D eigenvalue weighted by Crippen LogP contribution is -2.18. The summed E-state index contributed by atoms with van der Waals surface area (Å²) in [7, 11) is 0. The Morgan fingerprint density at radius 3 is 2.62 bits per heavy atom. The van der Waals surface area contributed by atoms with E-state index in [1.807, 2.05) is 0 Å². The van der Waals surface area contributed by atoms with Crippen molar-refractivity contribution >= 4 is 5.82 Å². The first-order valence-electron chi connectivity index (χ1n) is 8.98. The molecule has 3 heteroatoms. The maximum Gasteiger partial charge on any atom is 0.142 e. The van der Waals surface area contributed by atoms with E-state index >= 15 is 0 Å². The van der Waals surface area contributed by atoms with Crippen molar-refractivity contribution in [3.05, 3.63) is 46.6 Å². The number of hydrogen-bond acceptors (Lipinski definition) is 3. The highest BCUT2D eigenvalue weighted by molar-refractivity contribution is 5.79. The second-order valence-electron chi connectivity index (χ2n) is 6.73. The summed E-state index contributed by atoms with van der Waals surface area (Å²) in [6.45, 7) is 4.39. The number of nitrogens with two attached hydrogens (primary N) is 1. The van der Waals surface area contributed by atoms with Crippen LogP contribution in [-0.2, 0) is 19.3 Å².